The number of rotatable bonds is 1. The van der Waals surface area contributed by atoms with Crippen LogP contribution in [0.5, 0.6) is 0 Å². The molecule has 4 nitrogen and oxygen atoms in total. The first kappa shape index (κ1) is 8.12. The van der Waals surface area contributed by atoms with Gasteiger partial charge >= 0.3 is 0 Å². The molecule has 0 saturated heterocycles. The fraction of sp³-hybridized carbons (Fsp3) is 0.125. The quantitative estimate of drug-likeness (QED) is 0.743. The van der Waals surface area contributed by atoms with Crippen LogP contribution < -0.4 is 5.73 Å². The standard InChI is InChI=1S/C8H8N4S/c1-5-4-13-8(12-5)7-10-2-6(9)3-11-7/h2-4H,9H2,1H3. The highest BCUT2D eigenvalue weighted by Crippen LogP contribution is 2.19. The second-order valence-electron chi connectivity index (χ2n) is 2.63. The lowest BCUT2D eigenvalue weighted by Gasteiger charge is -1.93. The number of nitrogens with two attached hydrogens (primary N) is 1. The Morgan fingerprint density at radius 3 is 2.54 bits per heavy atom. The number of anilines is 1. The molecule has 0 amide bonds. The lowest BCUT2D eigenvalue weighted by molar-refractivity contribution is 1.15. The average molecular weight is 192 g/mol. The molecule has 0 atom stereocenters. The van der Waals surface area contributed by atoms with E-state index in [0.29, 0.717) is 11.5 Å². The second kappa shape index (κ2) is 3.10. The van der Waals surface area contributed by atoms with Gasteiger partial charge < -0.3 is 5.73 Å². The molecule has 0 unspecified atom stereocenters. The van der Waals surface area contributed by atoms with Crippen molar-refractivity contribution < 1.29 is 0 Å². The minimum Gasteiger partial charge on any atom is -0.396 e. The van der Waals surface area contributed by atoms with E-state index in [1.54, 1.807) is 12.4 Å². The van der Waals surface area contributed by atoms with E-state index in [1.807, 2.05) is 12.3 Å². The van der Waals surface area contributed by atoms with Crippen molar-refractivity contribution in [3.8, 4) is 10.8 Å². The van der Waals surface area contributed by atoms with Crippen LogP contribution in [-0.2, 0) is 0 Å². The van der Waals surface area contributed by atoms with Crippen LogP contribution in [-0.4, -0.2) is 15.0 Å². The van der Waals surface area contributed by atoms with Gasteiger partial charge in [0.15, 0.2) is 10.8 Å². The highest BCUT2D eigenvalue weighted by molar-refractivity contribution is 7.13. The Morgan fingerprint density at radius 1 is 1.31 bits per heavy atom. The molecule has 0 bridgehead atoms. The Hall–Kier alpha value is -1.49. The van der Waals surface area contributed by atoms with E-state index in [4.69, 9.17) is 5.73 Å². The smallest absolute Gasteiger partial charge is 0.188 e. The minimum absolute atomic E-state index is 0.567. The Morgan fingerprint density at radius 2 is 2.00 bits per heavy atom. The van der Waals surface area contributed by atoms with E-state index in [1.165, 1.54) is 11.3 Å². The molecule has 13 heavy (non-hydrogen) atoms. The molecule has 0 spiro atoms. The molecule has 2 rings (SSSR count). The minimum atomic E-state index is 0.567. The number of nitrogen functional groups attached to an aromatic ring is 1. The number of hydrogen-bond donors (Lipinski definition) is 1. The van der Waals surface area contributed by atoms with Crippen molar-refractivity contribution in [3.63, 3.8) is 0 Å². The first-order chi connectivity index (χ1) is 6.25. The zero-order valence-corrected chi connectivity index (χ0v) is 7.88. The number of aryl methyl sites for hydroxylation is 1. The van der Waals surface area contributed by atoms with Gasteiger partial charge in [0.1, 0.15) is 0 Å². The van der Waals surface area contributed by atoms with Gasteiger partial charge in [-0.15, -0.1) is 11.3 Å². The molecule has 0 aliphatic carbocycles. The van der Waals surface area contributed by atoms with Crippen LogP contribution in [0.15, 0.2) is 17.8 Å². The molecule has 0 aliphatic heterocycles. The summed E-state index contributed by atoms with van der Waals surface area (Å²) in [5.41, 5.74) is 7.02. The van der Waals surface area contributed by atoms with Crippen LogP contribution in [0.2, 0.25) is 0 Å². The molecule has 5 heteroatoms. The Kier molecular flexibility index (Phi) is 1.94. The molecular formula is C8H8N4S. The third kappa shape index (κ3) is 1.65. The van der Waals surface area contributed by atoms with Crippen molar-refractivity contribution in [2.24, 2.45) is 0 Å². The summed E-state index contributed by atoms with van der Waals surface area (Å²) in [7, 11) is 0. The van der Waals surface area contributed by atoms with Crippen LogP contribution in [0.3, 0.4) is 0 Å². The van der Waals surface area contributed by atoms with Gasteiger partial charge in [-0.2, -0.15) is 0 Å². The van der Waals surface area contributed by atoms with Gasteiger partial charge in [-0.25, -0.2) is 15.0 Å². The maximum Gasteiger partial charge on any atom is 0.188 e. The molecule has 2 N–H and O–H groups in total. The number of aromatic nitrogens is 3. The predicted molar refractivity (Wildman–Crippen MR) is 52.3 cm³/mol. The highest BCUT2D eigenvalue weighted by atomic mass is 32.1. The van der Waals surface area contributed by atoms with Crippen LogP contribution in [0.1, 0.15) is 5.69 Å². The van der Waals surface area contributed by atoms with Gasteiger partial charge in [0, 0.05) is 11.1 Å². The molecule has 0 aromatic carbocycles. The zero-order valence-electron chi connectivity index (χ0n) is 7.06. The summed E-state index contributed by atoms with van der Waals surface area (Å²) in [6, 6.07) is 0. The SMILES string of the molecule is Cc1csc(-c2ncc(N)cn2)n1. The second-order valence-corrected chi connectivity index (χ2v) is 3.49. The van der Waals surface area contributed by atoms with E-state index in [0.717, 1.165) is 10.7 Å². The summed E-state index contributed by atoms with van der Waals surface area (Å²) >= 11 is 1.53. The van der Waals surface area contributed by atoms with E-state index in [-0.39, 0.29) is 0 Å². The third-order valence-electron chi connectivity index (χ3n) is 1.48. The van der Waals surface area contributed by atoms with Crippen molar-refractivity contribution in [2.75, 3.05) is 5.73 Å². The summed E-state index contributed by atoms with van der Waals surface area (Å²) in [5.74, 6) is 0.632. The number of thiazole rings is 1. The monoisotopic (exact) mass is 192 g/mol. The lowest BCUT2D eigenvalue weighted by atomic mass is 10.5. The van der Waals surface area contributed by atoms with Gasteiger partial charge in [0.25, 0.3) is 0 Å². The molecule has 66 valence electrons. The molecule has 2 heterocycles. The van der Waals surface area contributed by atoms with Crippen molar-refractivity contribution in [1.29, 1.82) is 0 Å². The maximum absolute atomic E-state index is 5.47. The van der Waals surface area contributed by atoms with Crippen molar-refractivity contribution >= 4 is 17.0 Å². The van der Waals surface area contributed by atoms with E-state index in [9.17, 15) is 0 Å². The number of nitrogens with zero attached hydrogens (tertiary/aromatic N) is 3. The van der Waals surface area contributed by atoms with Crippen molar-refractivity contribution in [1.82, 2.24) is 15.0 Å². The van der Waals surface area contributed by atoms with Crippen LogP contribution in [0.25, 0.3) is 10.8 Å². The van der Waals surface area contributed by atoms with E-state index in [2.05, 4.69) is 15.0 Å². The first-order valence-electron chi connectivity index (χ1n) is 3.76. The topological polar surface area (TPSA) is 64.7 Å². The van der Waals surface area contributed by atoms with Crippen molar-refractivity contribution in [2.45, 2.75) is 6.92 Å². The average Bonchev–Trinajstić information content (AvgIpc) is 2.53. The molecule has 2 aromatic rings. The van der Waals surface area contributed by atoms with Crippen LogP contribution >= 0.6 is 11.3 Å². The Labute approximate surface area is 79.5 Å². The van der Waals surface area contributed by atoms with Crippen molar-refractivity contribution in [3.05, 3.63) is 23.5 Å². The number of hydrogen-bond acceptors (Lipinski definition) is 5. The van der Waals surface area contributed by atoms with Crippen LogP contribution in [0, 0.1) is 6.92 Å². The molecule has 0 saturated carbocycles. The van der Waals surface area contributed by atoms with E-state index < -0.39 is 0 Å². The van der Waals surface area contributed by atoms with Gasteiger partial charge in [-0.05, 0) is 6.92 Å². The summed E-state index contributed by atoms with van der Waals surface area (Å²) < 4.78 is 0. The highest BCUT2D eigenvalue weighted by Gasteiger charge is 2.04. The summed E-state index contributed by atoms with van der Waals surface area (Å²) in [6.45, 7) is 1.94. The summed E-state index contributed by atoms with van der Waals surface area (Å²) in [6.07, 6.45) is 3.16. The molecule has 2 aromatic heterocycles. The summed E-state index contributed by atoms with van der Waals surface area (Å²) in [4.78, 5) is 12.4. The molecule has 0 radical (unpaired) electrons. The van der Waals surface area contributed by atoms with E-state index >= 15 is 0 Å². The molecule has 0 aliphatic rings. The largest absolute Gasteiger partial charge is 0.396 e. The fourth-order valence-electron chi connectivity index (χ4n) is 0.905. The zero-order chi connectivity index (χ0) is 9.26. The van der Waals surface area contributed by atoms with Gasteiger partial charge in [-0.3, -0.25) is 0 Å². The lowest BCUT2D eigenvalue weighted by Crippen LogP contribution is -1.91. The first-order valence-corrected chi connectivity index (χ1v) is 4.64. The molecule has 0 fully saturated rings. The van der Waals surface area contributed by atoms with Crippen LogP contribution in [0.4, 0.5) is 5.69 Å². The third-order valence-corrected chi connectivity index (χ3v) is 2.44. The normalized spacial score (nSPS) is 10.2. The van der Waals surface area contributed by atoms with Gasteiger partial charge in [-0.1, -0.05) is 0 Å². The Balaban J connectivity index is 2.41. The van der Waals surface area contributed by atoms with Gasteiger partial charge in [0.05, 0.1) is 18.1 Å². The molecular weight excluding hydrogens is 184 g/mol. The Bertz CT molecular complexity index is 406. The summed E-state index contributed by atoms with van der Waals surface area (Å²) in [5, 5.41) is 2.80. The maximum atomic E-state index is 5.47. The fourth-order valence-corrected chi connectivity index (χ4v) is 1.65. The van der Waals surface area contributed by atoms with Gasteiger partial charge in [0.2, 0.25) is 0 Å². The predicted octanol–water partition coefficient (Wildman–Crippen LogP) is 1.49.